The average Bonchev–Trinajstić information content (AvgIpc) is 2.61. The van der Waals surface area contributed by atoms with Crippen LogP contribution in [0.25, 0.3) is 0 Å². The summed E-state index contributed by atoms with van der Waals surface area (Å²) in [5.74, 6) is 0.294. The van der Waals surface area contributed by atoms with Crippen LogP contribution in [-0.4, -0.2) is 43.8 Å². The van der Waals surface area contributed by atoms with Crippen LogP contribution >= 0.6 is 0 Å². The van der Waals surface area contributed by atoms with Crippen LogP contribution < -0.4 is 0 Å². The Hall–Kier alpha value is -1.69. The maximum Gasteiger partial charge on any atom is 0.272 e. The van der Waals surface area contributed by atoms with Crippen molar-refractivity contribution in [3.05, 3.63) is 71.8 Å². The fourth-order valence-electron chi connectivity index (χ4n) is 3.42. The number of nitrogens with zero attached hydrogens (tertiary/aromatic N) is 1. The van der Waals surface area contributed by atoms with Gasteiger partial charge in [-0.1, -0.05) is 60.7 Å². The molecule has 5 heteroatoms. The minimum Gasteiger partial charge on any atom is -0.303 e. The van der Waals surface area contributed by atoms with Crippen molar-refractivity contribution in [3.63, 3.8) is 0 Å². The van der Waals surface area contributed by atoms with Crippen LogP contribution in [0.4, 0.5) is 0 Å². The van der Waals surface area contributed by atoms with Gasteiger partial charge in [0.1, 0.15) is 0 Å². The lowest BCUT2D eigenvalue weighted by atomic mass is 9.88. The Morgan fingerprint density at radius 3 is 1.72 bits per heavy atom. The summed E-state index contributed by atoms with van der Waals surface area (Å²) in [6.45, 7) is 10.00. The van der Waals surface area contributed by atoms with Crippen LogP contribution in [0.1, 0.15) is 58.1 Å². The van der Waals surface area contributed by atoms with Gasteiger partial charge >= 0.3 is 0 Å². The molecule has 0 saturated carbocycles. The summed E-state index contributed by atoms with van der Waals surface area (Å²) in [6, 6.07) is 21.0. The number of rotatable bonds is 9. The van der Waals surface area contributed by atoms with E-state index >= 15 is 0 Å². The molecule has 0 saturated heterocycles. The topological polar surface area (TPSA) is 46.6 Å². The molecule has 4 nitrogen and oxygen atoms in total. The third kappa shape index (κ3) is 6.95. The Bertz CT molecular complexity index is 817. The summed E-state index contributed by atoms with van der Waals surface area (Å²) in [7, 11) is -1.63. The van der Waals surface area contributed by atoms with Gasteiger partial charge in [0.2, 0.25) is 0 Å². The summed E-state index contributed by atoms with van der Waals surface area (Å²) in [4.78, 5) is 2.15. The molecule has 0 unspecified atom stereocenters. The maximum absolute atomic E-state index is 12.4. The van der Waals surface area contributed by atoms with Crippen molar-refractivity contribution in [1.82, 2.24) is 4.90 Å². The van der Waals surface area contributed by atoms with Gasteiger partial charge in [-0.25, -0.2) is 0 Å². The molecule has 2 rings (SSSR count). The third-order valence-electron chi connectivity index (χ3n) is 4.94. The van der Waals surface area contributed by atoms with Crippen molar-refractivity contribution in [2.45, 2.75) is 57.3 Å². The van der Waals surface area contributed by atoms with Crippen molar-refractivity contribution < 1.29 is 12.6 Å². The second-order valence-electron chi connectivity index (χ2n) is 9.31. The summed E-state index contributed by atoms with van der Waals surface area (Å²) < 4.78 is 29.5. The predicted octanol–water partition coefficient (Wildman–Crippen LogP) is 5.06. The second kappa shape index (κ2) is 9.41. The zero-order chi connectivity index (χ0) is 21.7. The zero-order valence-corrected chi connectivity index (χ0v) is 19.4. The molecular formula is C24H35NO3S. The lowest BCUT2D eigenvalue weighted by Crippen LogP contribution is -2.44. The number of likely N-dealkylation sites (N-methyl/N-ethyl adjacent to an activating group) is 1. The smallest absolute Gasteiger partial charge is 0.272 e. The minimum atomic E-state index is -3.64. The molecule has 2 aromatic rings. The Kier molecular flexibility index (Phi) is 7.66. The normalized spacial score (nSPS) is 13.2. The first-order valence-electron chi connectivity index (χ1n) is 10.1. The average molecular weight is 418 g/mol. The van der Waals surface area contributed by atoms with Gasteiger partial charge in [0.25, 0.3) is 10.1 Å². The summed E-state index contributed by atoms with van der Waals surface area (Å²) in [6.07, 6.45) is 0.937. The third-order valence-corrected chi connectivity index (χ3v) is 7.11. The molecule has 0 heterocycles. The fourth-order valence-corrected chi connectivity index (χ4v) is 4.32. The molecule has 0 spiro atoms. The summed E-state index contributed by atoms with van der Waals surface area (Å²) >= 11 is 0. The van der Waals surface area contributed by atoms with E-state index in [2.05, 4.69) is 53.4 Å². The Morgan fingerprint density at radius 1 is 0.862 bits per heavy atom. The van der Waals surface area contributed by atoms with Crippen molar-refractivity contribution in [2.24, 2.45) is 0 Å². The molecule has 0 aliphatic carbocycles. The van der Waals surface area contributed by atoms with Crippen molar-refractivity contribution in [1.29, 1.82) is 0 Å². The Labute approximate surface area is 177 Å². The number of benzene rings is 2. The Morgan fingerprint density at radius 2 is 1.31 bits per heavy atom. The molecule has 0 aliphatic rings. The molecule has 160 valence electrons. The molecule has 0 fully saturated rings. The molecular weight excluding hydrogens is 382 g/mol. The van der Waals surface area contributed by atoms with Gasteiger partial charge in [-0.2, -0.15) is 8.42 Å². The van der Waals surface area contributed by atoms with Gasteiger partial charge < -0.3 is 4.90 Å². The molecule has 0 atom stereocenters. The predicted molar refractivity (Wildman–Crippen MR) is 121 cm³/mol. The van der Waals surface area contributed by atoms with Crippen LogP contribution in [-0.2, 0) is 14.3 Å². The van der Waals surface area contributed by atoms with E-state index in [9.17, 15) is 8.42 Å². The standard InChI is InChI=1S/C24H35NO3S/c1-23(2,3)29(26,27)28-24(4,5)19-25(6)18-17-22(20-13-9-7-10-14-20)21-15-11-8-12-16-21/h7-16,22H,17-19H2,1-6H3. The minimum absolute atomic E-state index is 0.294. The van der Waals surface area contributed by atoms with Gasteiger partial charge in [0.15, 0.2) is 0 Å². The Balaban J connectivity index is 2.06. The summed E-state index contributed by atoms with van der Waals surface area (Å²) in [5, 5.41) is 0. The molecule has 0 N–H and O–H groups in total. The van der Waals surface area contributed by atoms with Crippen LogP contribution in [0, 0.1) is 0 Å². The van der Waals surface area contributed by atoms with E-state index in [1.165, 1.54) is 11.1 Å². The van der Waals surface area contributed by atoms with E-state index in [4.69, 9.17) is 4.18 Å². The van der Waals surface area contributed by atoms with Gasteiger partial charge in [0, 0.05) is 12.5 Å². The maximum atomic E-state index is 12.4. The largest absolute Gasteiger partial charge is 0.303 e. The van der Waals surface area contributed by atoms with Crippen molar-refractivity contribution in [3.8, 4) is 0 Å². The molecule has 0 amide bonds. The molecule has 0 radical (unpaired) electrons. The SMILES string of the molecule is CN(CCC(c1ccccc1)c1ccccc1)CC(C)(C)OS(=O)(=O)C(C)(C)C. The van der Waals surface area contributed by atoms with E-state index in [-0.39, 0.29) is 0 Å². The summed E-state index contributed by atoms with van der Waals surface area (Å²) in [5.41, 5.74) is 1.78. The van der Waals surface area contributed by atoms with Crippen LogP contribution in [0.2, 0.25) is 0 Å². The van der Waals surface area contributed by atoms with Gasteiger partial charge in [-0.3, -0.25) is 4.18 Å². The van der Waals surface area contributed by atoms with E-state index in [0.717, 1.165) is 13.0 Å². The van der Waals surface area contributed by atoms with Gasteiger partial charge in [-0.15, -0.1) is 0 Å². The van der Waals surface area contributed by atoms with E-state index in [1.54, 1.807) is 20.8 Å². The lowest BCUT2D eigenvalue weighted by molar-refractivity contribution is 0.0720. The molecule has 0 bridgehead atoms. The lowest BCUT2D eigenvalue weighted by Gasteiger charge is -2.33. The van der Waals surface area contributed by atoms with Gasteiger partial charge in [0.05, 0.1) is 10.3 Å². The van der Waals surface area contributed by atoms with E-state index in [1.807, 2.05) is 33.0 Å². The highest BCUT2D eigenvalue weighted by molar-refractivity contribution is 7.88. The molecule has 0 aliphatic heterocycles. The number of hydrogen-bond donors (Lipinski definition) is 0. The number of hydrogen-bond acceptors (Lipinski definition) is 4. The molecule has 0 aromatic heterocycles. The monoisotopic (exact) mass is 417 g/mol. The first-order valence-corrected chi connectivity index (χ1v) is 11.6. The first kappa shape index (κ1) is 23.6. The van der Waals surface area contributed by atoms with E-state index in [0.29, 0.717) is 12.5 Å². The first-order chi connectivity index (χ1) is 13.4. The van der Waals surface area contributed by atoms with Crippen LogP contribution in [0.15, 0.2) is 60.7 Å². The quantitative estimate of drug-likeness (QED) is 0.535. The fraction of sp³-hybridized carbons (Fsp3) is 0.500. The van der Waals surface area contributed by atoms with Crippen LogP contribution in [0.3, 0.4) is 0 Å². The highest BCUT2D eigenvalue weighted by Gasteiger charge is 2.36. The zero-order valence-electron chi connectivity index (χ0n) is 18.6. The highest BCUT2D eigenvalue weighted by atomic mass is 32.2. The highest BCUT2D eigenvalue weighted by Crippen LogP contribution is 2.29. The van der Waals surface area contributed by atoms with Crippen molar-refractivity contribution >= 4 is 10.1 Å². The van der Waals surface area contributed by atoms with Crippen LogP contribution in [0.5, 0.6) is 0 Å². The van der Waals surface area contributed by atoms with Crippen molar-refractivity contribution in [2.75, 3.05) is 20.1 Å². The van der Waals surface area contributed by atoms with Gasteiger partial charge in [-0.05, 0) is 65.8 Å². The molecule has 29 heavy (non-hydrogen) atoms. The molecule has 2 aromatic carbocycles. The van der Waals surface area contributed by atoms with E-state index < -0.39 is 20.5 Å². The second-order valence-corrected chi connectivity index (χ2v) is 11.6.